The van der Waals surface area contributed by atoms with E-state index < -0.39 is 0 Å². The molecule has 0 spiro atoms. The number of hydrogen-bond donors (Lipinski definition) is 1. The first-order valence-corrected chi connectivity index (χ1v) is 8.16. The summed E-state index contributed by atoms with van der Waals surface area (Å²) in [7, 11) is 0. The van der Waals surface area contributed by atoms with E-state index in [1.807, 2.05) is 0 Å². The van der Waals surface area contributed by atoms with Crippen molar-refractivity contribution >= 4 is 0 Å². The molecular weight excluding hydrogens is 220 g/mol. The lowest BCUT2D eigenvalue weighted by Crippen LogP contribution is -2.38. The Bertz CT molecular complexity index is 239. The molecule has 1 aliphatic carbocycles. The van der Waals surface area contributed by atoms with E-state index in [-0.39, 0.29) is 0 Å². The maximum atomic E-state index is 3.86. The third-order valence-corrected chi connectivity index (χ3v) is 5.10. The zero-order valence-corrected chi connectivity index (χ0v) is 12.6. The zero-order chi connectivity index (χ0) is 13.0. The van der Waals surface area contributed by atoms with Gasteiger partial charge in [0.2, 0.25) is 0 Å². The van der Waals surface area contributed by atoms with Crippen LogP contribution in [0.2, 0.25) is 0 Å². The van der Waals surface area contributed by atoms with Crippen molar-refractivity contribution in [2.45, 2.75) is 71.4 Å². The molecule has 3 atom stereocenters. The summed E-state index contributed by atoms with van der Waals surface area (Å²) in [6, 6.07) is 1.55. The number of nitrogens with zero attached hydrogens (tertiary/aromatic N) is 1. The SMILES string of the molecule is CCC1CCCC(NCC2CCN(C(C)C)C2)C1. The van der Waals surface area contributed by atoms with Crippen LogP contribution >= 0.6 is 0 Å². The van der Waals surface area contributed by atoms with Gasteiger partial charge in [0.25, 0.3) is 0 Å². The van der Waals surface area contributed by atoms with Crippen molar-refractivity contribution in [3.05, 3.63) is 0 Å². The Hall–Kier alpha value is -0.0800. The summed E-state index contributed by atoms with van der Waals surface area (Å²) >= 11 is 0. The van der Waals surface area contributed by atoms with Crippen LogP contribution in [0.5, 0.6) is 0 Å². The second kappa shape index (κ2) is 6.91. The minimum Gasteiger partial charge on any atom is -0.314 e. The Morgan fingerprint density at radius 3 is 2.67 bits per heavy atom. The first-order valence-electron chi connectivity index (χ1n) is 8.16. The average molecular weight is 252 g/mol. The van der Waals surface area contributed by atoms with Gasteiger partial charge >= 0.3 is 0 Å². The molecule has 0 bridgehead atoms. The second-order valence-corrected chi connectivity index (χ2v) is 6.79. The van der Waals surface area contributed by atoms with Gasteiger partial charge in [-0.05, 0) is 58.0 Å². The van der Waals surface area contributed by atoms with Crippen molar-refractivity contribution < 1.29 is 0 Å². The van der Waals surface area contributed by atoms with Gasteiger partial charge in [-0.25, -0.2) is 0 Å². The molecule has 0 radical (unpaired) electrons. The van der Waals surface area contributed by atoms with Gasteiger partial charge < -0.3 is 10.2 Å². The summed E-state index contributed by atoms with van der Waals surface area (Å²) in [5, 5.41) is 3.86. The smallest absolute Gasteiger partial charge is 0.00698 e. The van der Waals surface area contributed by atoms with Gasteiger partial charge in [-0.3, -0.25) is 0 Å². The van der Waals surface area contributed by atoms with Crippen molar-refractivity contribution in [1.82, 2.24) is 10.2 Å². The maximum absolute atomic E-state index is 3.86. The standard InChI is InChI=1S/C16H32N2/c1-4-14-6-5-7-16(10-14)17-11-15-8-9-18(12-15)13(2)3/h13-17H,4-12H2,1-3H3. The van der Waals surface area contributed by atoms with E-state index >= 15 is 0 Å². The lowest BCUT2D eigenvalue weighted by molar-refractivity contribution is 0.250. The fraction of sp³-hybridized carbons (Fsp3) is 1.00. The van der Waals surface area contributed by atoms with Crippen molar-refractivity contribution in [2.24, 2.45) is 11.8 Å². The van der Waals surface area contributed by atoms with E-state index in [1.54, 1.807) is 0 Å². The van der Waals surface area contributed by atoms with Crippen LogP contribution in [-0.4, -0.2) is 36.6 Å². The molecule has 3 unspecified atom stereocenters. The van der Waals surface area contributed by atoms with Crippen molar-refractivity contribution in [1.29, 1.82) is 0 Å². The van der Waals surface area contributed by atoms with Crippen LogP contribution in [0.3, 0.4) is 0 Å². The van der Waals surface area contributed by atoms with E-state index in [0.717, 1.165) is 23.9 Å². The van der Waals surface area contributed by atoms with Gasteiger partial charge in [-0.1, -0.05) is 26.2 Å². The average Bonchev–Trinajstić information content (AvgIpc) is 2.85. The highest BCUT2D eigenvalue weighted by Gasteiger charge is 2.26. The summed E-state index contributed by atoms with van der Waals surface area (Å²) < 4.78 is 0. The number of nitrogens with one attached hydrogen (secondary N) is 1. The number of hydrogen-bond acceptors (Lipinski definition) is 2. The molecule has 2 heteroatoms. The van der Waals surface area contributed by atoms with Crippen molar-refractivity contribution in [2.75, 3.05) is 19.6 Å². The Kier molecular flexibility index (Phi) is 5.50. The predicted molar refractivity (Wildman–Crippen MR) is 78.9 cm³/mol. The number of likely N-dealkylation sites (tertiary alicyclic amines) is 1. The van der Waals surface area contributed by atoms with Crippen LogP contribution < -0.4 is 5.32 Å². The molecule has 106 valence electrons. The minimum atomic E-state index is 0.731. The molecule has 1 heterocycles. The molecule has 18 heavy (non-hydrogen) atoms. The Morgan fingerprint density at radius 1 is 1.17 bits per heavy atom. The van der Waals surface area contributed by atoms with Crippen LogP contribution in [0.1, 0.15) is 59.3 Å². The largest absolute Gasteiger partial charge is 0.314 e. The maximum Gasteiger partial charge on any atom is 0.00698 e. The lowest BCUT2D eigenvalue weighted by Gasteiger charge is -2.30. The summed E-state index contributed by atoms with van der Waals surface area (Å²) in [4.78, 5) is 2.63. The molecule has 1 aliphatic heterocycles. The van der Waals surface area contributed by atoms with Gasteiger partial charge in [0.1, 0.15) is 0 Å². The van der Waals surface area contributed by atoms with E-state index in [0.29, 0.717) is 0 Å². The molecule has 0 aromatic heterocycles. The Labute approximate surface area is 114 Å². The molecule has 1 saturated carbocycles. The topological polar surface area (TPSA) is 15.3 Å². The van der Waals surface area contributed by atoms with Crippen LogP contribution in [-0.2, 0) is 0 Å². The van der Waals surface area contributed by atoms with E-state index in [1.165, 1.54) is 58.2 Å². The molecule has 0 amide bonds. The third kappa shape index (κ3) is 3.96. The molecule has 0 aromatic carbocycles. The molecule has 0 aromatic rings. The molecule has 2 fully saturated rings. The highest BCUT2D eigenvalue weighted by molar-refractivity contribution is 4.82. The normalized spacial score (nSPS) is 34.3. The van der Waals surface area contributed by atoms with Crippen LogP contribution in [0.4, 0.5) is 0 Å². The lowest BCUT2D eigenvalue weighted by atomic mass is 9.84. The van der Waals surface area contributed by atoms with Crippen LogP contribution in [0, 0.1) is 11.8 Å². The summed E-state index contributed by atoms with van der Waals surface area (Å²) in [6.07, 6.45) is 8.53. The summed E-state index contributed by atoms with van der Waals surface area (Å²) in [6.45, 7) is 10.9. The molecule has 2 nitrogen and oxygen atoms in total. The van der Waals surface area contributed by atoms with Gasteiger partial charge in [-0.15, -0.1) is 0 Å². The molecule has 1 saturated heterocycles. The van der Waals surface area contributed by atoms with Crippen LogP contribution in [0.15, 0.2) is 0 Å². The van der Waals surface area contributed by atoms with E-state index in [4.69, 9.17) is 0 Å². The molecular formula is C16H32N2. The van der Waals surface area contributed by atoms with Gasteiger partial charge in [0.15, 0.2) is 0 Å². The first kappa shape index (κ1) is 14.3. The summed E-state index contributed by atoms with van der Waals surface area (Å²) in [5.74, 6) is 1.89. The zero-order valence-electron chi connectivity index (χ0n) is 12.6. The number of rotatable bonds is 5. The predicted octanol–water partition coefficient (Wildman–Crippen LogP) is 3.28. The highest BCUT2D eigenvalue weighted by atomic mass is 15.2. The molecule has 2 aliphatic rings. The summed E-state index contributed by atoms with van der Waals surface area (Å²) in [5.41, 5.74) is 0. The van der Waals surface area contributed by atoms with Gasteiger partial charge in [0.05, 0.1) is 0 Å². The van der Waals surface area contributed by atoms with Gasteiger partial charge in [0, 0.05) is 18.6 Å². The molecule has 1 N–H and O–H groups in total. The fourth-order valence-electron chi connectivity index (χ4n) is 3.68. The monoisotopic (exact) mass is 252 g/mol. The Balaban J connectivity index is 1.66. The van der Waals surface area contributed by atoms with Crippen molar-refractivity contribution in [3.8, 4) is 0 Å². The first-order chi connectivity index (χ1) is 8.69. The fourth-order valence-corrected chi connectivity index (χ4v) is 3.68. The third-order valence-electron chi connectivity index (χ3n) is 5.10. The van der Waals surface area contributed by atoms with E-state index in [2.05, 4.69) is 31.0 Å². The van der Waals surface area contributed by atoms with Crippen molar-refractivity contribution in [3.63, 3.8) is 0 Å². The Morgan fingerprint density at radius 2 is 2.00 bits per heavy atom. The van der Waals surface area contributed by atoms with Crippen LogP contribution in [0.25, 0.3) is 0 Å². The van der Waals surface area contributed by atoms with E-state index in [9.17, 15) is 0 Å². The van der Waals surface area contributed by atoms with Gasteiger partial charge in [-0.2, -0.15) is 0 Å². The quantitative estimate of drug-likeness (QED) is 0.808. The second-order valence-electron chi connectivity index (χ2n) is 6.79. The highest BCUT2D eigenvalue weighted by Crippen LogP contribution is 2.27. The molecule has 2 rings (SSSR count). The minimum absolute atomic E-state index is 0.731.